The summed E-state index contributed by atoms with van der Waals surface area (Å²) in [6.07, 6.45) is 1.46. The lowest BCUT2D eigenvalue weighted by Crippen LogP contribution is -2.46. The lowest BCUT2D eigenvalue weighted by molar-refractivity contribution is -0.146. The second-order valence-corrected chi connectivity index (χ2v) is 2.94. The van der Waals surface area contributed by atoms with Crippen molar-refractivity contribution < 1.29 is 14.3 Å². The molecule has 2 atom stereocenters. The minimum absolute atomic E-state index is 0.136. The van der Waals surface area contributed by atoms with Gasteiger partial charge in [-0.3, -0.25) is 4.79 Å². The van der Waals surface area contributed by atoms with Crippen LogP contribution in [0.1, 0.15) is 13.8 Å². The molecule has 3 N–H and O–H groups in total. The molecule has 0 aliphatic heterocycles. The van der Waals surface area contributed by atoms with Gasteiger partial charge in [0.25, 0.3) is 0 Å². The smallest absolute Gasteiger partial charge is 0.328 e. The summed E-state index contributed by atoms with van der Waals surface area (Å²) in [6, 6.07) is -1.32. The molecule has 0 saturated heterocycles. The maximum atomic E-state index is 11.1. The van der Waals surface area contributed by atoms with E-state index in [0.717, 1.165) is 0 Å². The standard InChI is InChI=1S/C9H16N2O3/c1-4-5-14-9(13)7(3)11-8(12)6(2)10/h4,6-7H,1,5,10H2,2-3H3,(H,11,12). The van der Waals surface area contributed by atoms with Gasteiger partial charge in [0, 0.05) is 0 Å². The van der Waals surface area contributed by atoms with Crippen LogP contribution in [-0.4, -0.2) is 30.6 Å². The van der Waals surface area contributed by atoms with Crippen LogP contribution in [0.3, 0.4) is 0 Å². The summed E-state index contributed by atoms with van der Waals surface area (Å²) in [7, 11) is 0. The zero-order valence-electron chi connectivity index (χ0n) is 8.45. The molecule has 0 rings (SSSR count). The van der Waals surface area contributed by atoms with Crippen molar-refractivity contribution in [2.75, 3.05) is 6.61 Å². The molecular formula is C9H16N2O3. The highest BCUT2D eigenvalue weighted by atomic mass is 16.5. The Bertz CT molecular complexity index is 226. The van der Waals surface area contributed by atoms with E-state index in [-0.39, 0.29) is 12.5 Å². The molecule has 2 unspecified atom stereocenters. The topological polar surface area (TPSA) is 81.4 Å². The van der Waals surface area contributed by atoms with Crippen molar-refractivity contribution in [2.24, 2.45) is 5.73 Å². The van der Waals surface area contributed by atoms with E-state index in [2.05, 4.69) is 11.9 Å². The van der Waals surface area contributed by atoms with Crippen molar-refractivity contribution in [3.63, 3.8) is 0 Å². The maximum Gasteiger partial charge on any atom is 0.328 e. The summed E-state index contributed by atoms with van der Waals surface area (Å²) < 4.78 is 4.72. The third-order valence-corrected chi connectivity index (χ3v) is 1.47. The molecule has 0 aromatic carbocycles. The normalized spacial score (nSPS) is 13.9. The van der Waals surface area contributed by atoms with E-state index in [1.807, 2.05) is 0 Å². The minimum Gasteiger partial charge on any atom is -0.460 e. The van der Waals surface area contributed by atoms with Gasteiger partial charge in [-0.15, -0.1) is 0 Å². The number of nitrogens with two attached hydrogens (primary N) is 1. The minimum atomic E-state index is -0.687. The summed E-state index contributed by atoms with van der Waals surface area (Å²) in [5, 5.41) is 2.42. The van der Waals surface area contributed by atoms with E-state index < -0.39 is 18.1 Å². The van der Waals surface area contributed by atoms with E-state index in [4.69, 9.17) is 10.5 Å². The predicted octanol–water partition coefficient (Wildman–Crippen LogP) is -0.432. The molecule has 0 radical (unpaired) electrons. The zero-order chi connectivity index (χ0) is 11.1. The molecule has 1 amide bonds. The van der Waals surface area contributed by atoms with Gasteiger partial charge in [0.2, 0.25) is 5.91 Å². The summed E-state index contributed by atoms with van der Waals surface area (Å²) in [6.45, 7) is 6.60. The number of ether oxygens (including phenoxy) is 1. The van der Waals surface area contributed by atoms with Crippen LogP contribution in [0.25, 0.3) is 0 Å². The van der Waals surface area contributed by atoms with Crippen LogP contribution in [-0.2, 0) is 14.3 Å². The van der Waals surface area contributed by atoms with Crippen molar-refractivity contribution in [3.8, 4) is 0 Å². The van der Waals surface area contributed by atoms with Gasteiger partial charge in [-0.2, -0.15) is 0 Å². The van der Waals surface area contributed by atoms with Crippen LogP contribution < -0.4 is 11.1 Å². The highest BCUT2D eigenvalue weighted by Crippen LogP contribution is 1.89. The highest BCUT2D eigenvalue weighted by Gasteiger charge is 2.18. The Balaban J connectivity index is 3.94. The number of rotatable bonds is 5. The van der Waals surface area contributed by atoms with Gasteiger partial charge >= 0.3 is 5.97 Å². The first-order valence-corrected chi connectivity index (χ1v) is 4.32. The Labute approximate surface area is 83.3 Å². The summed E-state index contributed by atoms with van der Waals surface area (Å²) in [5.74, 6) is -0.882. The van der Waals surface area contributed by atoms with Crippen LogP contribution in [0.15, 0.2) is 12.7 Å². The SMILES string of the molecule is C=CCOC(=O)C(C)NC(=O)C(C)N. The monoisotopic (exact) mass is 200 g/mol. The lowest BCUT2D eigenvalue weighted by Gasteiger charge is -2.13. The fourth-order valence-corrected chi connectivity index (χ4v) is 0.670. The number of hydrogen-bond acceptors (Lipinski definition) is 4. The van der Waals surface area contributed by atoms with Gasteiger partial charge in [0.15, 0.2) is 0 Å². The van der Waals surface area contributed by atoms with Crippen molar-refractivity contribution in [2.45, 2.75) is 25.9 Å². The van der Waals surface area contributed by atoms with Crippen molar-refractivity contribution in [1.29, 1.82) is 0 Å². The average molecular weight is 200 g/mol. The fraction of sp³-hybridized carbons (Fsp3) is 0.556. The largest absolute Gasteiger partial charge is 0.460 e. The number of nitrogens with one attached hydrogen (secondary N) is 1. The van der Waals surface area contributed by atoms with Crippen LogP contribution in [0.5, 0.6) is 0 Å². The predicted molar refractivity (Wildman–Crippen MR) is 52.4 cm³/mol. The molecule has 0 aliphatic rings. The van der Waals surface area contributed by atoms with Crippen LogP contribution >= 0.6 is 0 Å². The van der Waals surface area contributed by atoms with E-state index in [0.29, 0.717) is 0 Å². The van der Waals surface area contributed by atoms with Gasteiger partial charge in [0.05, 0.1) is 6.04 Å². The number of esters is 1. The molecular weight excluding hydrogens is 184 g/mol. The molecule has 0 aliphatic carbocycles. The summed E-state index contributed by atoms with van der Waals surface area (Å²) >= 11 is 0. The van der Waals surface area contributed by atoms with E-state index in [9.17, 15) is 9.59 Å². The van der Waals surface area contributed by atoms with Gasteiger partial charge < -0.3 is 15.8 Å². The third kappa shape index (κ3) is 4.61. The number of carbonyl (C=O) groups excluding carboxylic acids is 2. The Morgan fingerprint density at radius 3 is 2.57 bits per heavy atom. The van der Waals surface area contributed by atoms with Crippen molar-refractivity contribution in [3.05, 3.63) is 12.7 Å². The second kappa shape index (κ2) is 6.15. The maximum absolute atomic E-state index is 11.1. The molecule has 0 aromatic rings. The first-order chi connectivity index (χ1) is 6.49. The third-order valence-electron chi connectivity index (χ3n) is 1.47. The molecule has 80 valence electrons. The van der Waals surface area contributed by atoms with Gasteiger partial charge in [-0.25, -0.2) is 4.79 Å². The van der Waals surface area contributed by atoms with Crippen LogP contribution in [0, 0.1) is 0 Å². The van der Waals surface area contributed by atoms with Crippen LogP contribution in [0.4, 0.5) is 0 Å². The highest BCUT2D eigenvalue weighted by molar-refractivity contribution is 5.86. The number of amides is 1. The van der Waals surface area contributed by atoms with Crippen molar-refractivity contribution >= 4 is 11.9 Å². The molecule has 0 heterocycles. The molecule has 0 bridgehead atoms. The summed E-state index contributed by atoms with van der Waals surface area (Å²) in [5.41, 5.74) is 5.30. The Morgan fingerprint density at radius 2 is 2.14 bits per heavy atom. The Morgan fingerprint density at radius 1 is 1.57 bits per heavy atom. The molecule has 0 aromatic heterocycles. The molecule has 0 saturated carbocycles. The number of hydrogen-bond donors (Lipinski definition) is 2. The van der Waals surface area contributed by atoms with E-state index >= 15 is 0 Å². The van der Waals surface area contributed by atoms with E-state index in [1.54, 1.807) is 0 Å². The van der Waals surface area contributed by atoms with Crippen molar-refractivity contribution in [1.82, 2.24) is 5.32 Å². The lowest BCUT2D eigenvalue weighted by atomic mass is 10.3. The van der Waals surface area contributed by atoms with Crippen LogP contribution in [0.2, 0.25) is 0 Å². The molecule has 14 heavy (non-hydrogen) atoms. The van der Waals surface area contributed by atoms with Gasteiger partial charge in [0.1, 0.15) is 12.6 Å². The molecule has 0 fully saturated rings. The second-order valence-electron chi connectivity index (χ2n) is 2.94. The Kier molecular flexibility index (Phi) is 5.55. The van der Waals surface area contributed by atoms with E-state index in [1.165, 1.54) is 19.9 Å². The molecule has 5 nitrogen and oxygen atoms in total. The van der Waals surface area contributed by atoms with Gasteiger partial charge in [-0.05, 0) is 13.8 Å². The number of carbonyl (C=O) groups is 2. The average Bonchev–Trinajstić information content (AvgIpc) is 2.13. The summed E-state index contributed by atoms with van der Waals surface area (Å²) in [4.78, 5) is 22.2. The first kappa shape index (κ1) is 12.6. The zero-order valence-corrected chi connectivity index (χ0v) is 8.45. The fourth-order valence-electron chi connectivity index (χ4n) is 0.670. The molecule has 0 spiro atoms. The Hall–Kier alpha value is -1.36. The first-order valence-electron chi connectivity index (χ1n) is 4.32. The quantitative estimate of drug-likeness (QED) is 0.466. The molecule has 5 heteroatoms. The van der Waals surface area contributed by atoms with Gasteiger partial charge in [-0.1, -0.05) is 12.7 Å².